The molecule has 12 heteroatoms. The van der Waals surface area contributed by atoms with E-state index in [4.69, 9.17) is 0 Å². The molecule has 0 aliphatic rings. The van der Waals surface area contributed by atoms with E-state index >= 15 is 0 Å². The lowest BCUT2D eigenvalue weighted by molar-refractivity contribution is -0.384. The number of carbonyl (C=O) groups excluding carboxylic acids is 1. The zero-order chi connectivity index (χ0) is 23.0. The van der Waals surface area contributed by atoms with Crippen LogP contribution >= 0.6 is 35.1 Å². The van der Waals surface area contributed by atoms with Crippen LogP contribution in [-0.4, -0.2) is 47.9 Å². The van der Waals surface area contributed by atoms with Crippen LogP contribution in [0.2, 0.25) is 0 Å². The van der Waals surface area contributed by atoms with E-state index in [0.29, 0.717) is 27.9 Å². The smallest absolute Gasteiger partial charge is 0.270 e. The molecule has 2 aromatic carbocycles. The Labute approximate surface area is 201 Å². The first kappa shape index (κ1) is 24.9. The molecule has 7 nitrogen and oxygen atoms in total. The summed E-state index contributed by atoms with van der Waals surface area (Å²) in [4.78, 5) is 32.1. The van der Waals surface area contributed by atoms with Crippen molar-refractivity contribution in [2.75, 3.05) is 32.1 Å². The highest BCUT2D eigenvalue weighted by Crippen LogP contribution is 2.34. The molecule has 0 bridgehead atoms. The maximum Gasteiger partial charge on any atom is 0.270 e. The molecule has 0 aliphatic heterocycles. The fourth-order valence-corrected chi connectivity index (χ4v) is 5.29. The monoisotopic (exact) mass is 512 g/mol. The molecular weight excluding hydrogens is 494 g/mol. The highest BCUT2D eigenvalue weighted by molar-refractivity contribution is 7.23. The molecule has 0 saturated carbocycles. The average Bonchev–Trinajstić information content (AvgIpc) is 3.34. The number of thiophene rings is 1. The number of nitro groups is 1. The van der Waals surface area contributed by atoms with E-state index in [0.717, 1.165) is 28.6 Å². The number of halogens is 3. The lowest BCUT2D eigenvalue weighted by Crippen LogP contribution is -2.33. The summed E-state index contributed by atoms with van der Waals surface area (Å²) in [7, 11) is 3.84. The summed E-state index contributed by atoms with van der Waals surface area (Å²) in [6, 6.07) is 8.01. The van der Waals surface area contributed by atoms with Crippen LogP contribution < -0.4 is 4.90 Å². The van der Waals surface area contributed by atoms with E-state index in [1.165, 1.54) is 34.4 Å². The average molecular weight is 513 g/mol. The standard InChI is InChI=1S/C21H18F2N4O3S2.ClH/c1-25(2)6-3-7-26(21-24-19-15(23)10-13(22)11-17(19)32-21)20(28)18-9-12-8-14(27(29)30)4-5-16(12)31-18;/h4-5,8-11H,3,6-7H2,1-2H3;1H. The number of nitro benzene ring substituents is 1. The van der Waals surface area contributed by atoms with E-state index < -0.39 is 16.6 Å². The lowest BCUT2D eigenvalue weighted by atomic mass is 10.2. The summed E-state index contributed by atoms with van der Waals surface area (Å²) in [6.45, 7) is 1.05. The second kappa shape index (κ2) is 10.0. The third kappa shape index (κ3) is 5.27. The molecule has 1 amide bonds. The van der Waals surface area contributed by atoms with Gasteiger partial charge in [0.05, 0.1) is 14.5 Å². The summed E-state index contributed by atoms with van der Waals surface area (Å²) in [6.07, 6.45) is 0.641. The lowest BCUT2D eigenvalue weighted by Gasteiger charge is -2.20. The van der Waals surface area contributed by atoms with Gasteiger partial charge in [-0.15, -0.1) is 23.7 Å². The minimum Gasteiger partial charge on any atom is -0.309 e. The Morgan fingerprint density at radius 1 is 1.09 bits per heavy atom. The van der Waals surface area contributed by atoms with Crippen molar-refractivity contribution in [1.29, 1.82) is 0 Å². The van der Waals surface area contributed by atoms with Crippen molar-refractivity contribution in [2.24, 2.45) is 0 Å². The molecule has 0 N–H and O–H groups in total. The number of anilines is 1. The van der Waals surface area contributed by atoms with Gasteiger partial charge in [-0.1, -0.05) is 11.3 Å². The van der Waals surface area contributed by atoms with Gasteiger partial charge < -0.3 is 4.90 Å². The number of thiazole rings is 1. The van der Waals surface area contributed by atoms with E-state index in [2.05, 4.69) is 4.98 Å². The summed E-state index contributed by atoms with van der Waals surface area (Å²) < 4.78 is 28.9. The van der Waals surface area contributed by atoms with Crippen molar-refractivity contribution in [2.45, 2.75) is 6.42 Å². The Morgan fingerprint density at radius 2 is 1.85 bits per heavy atom. The van der Waals surface area contributed by atoms with Gasteiger partial charge in [-0.2, -0.15) is 0 Å². The molecular formula is C21H19ClF2N4O3S2. The second-order valence-electron chi connectivity index (χ2n) is 7.43. The fourth-order valence-electron chi connectivity index (χ4n) is 3.27. The number of aromatic nitrogens is 1. The number of hydrogen-bond donors (Lipinski definition) is 0. The predicted molar refractivity (Wildman–Crippen MR) is 130 cm³/mol. The van der Waals surface area contributed by atoms with Gasteiger partial charge in [0.2, 0.25) is 0 Å². The molecule has 0 aliphatic carbocycles. The molecule has 174 valence electrons. The molecule has 2 heterocycles. The van der Waals surface area contributed by atoms with Crippen molar-refractivity contribution >= 4 is 72.1 Å². The molecule has 0 unspecified atom stereocenters. The van der Waals surface area contributed by atoms with Crippen LogP contribution in [0, 0.1) is 21.7 Å². The van der Waals surface area contributed by atoms with Crippen molar-refractivity contribution < 1.29 is 18.5 Å². The Morgan fingerprint density at radius 3 is 2.55 bits per heavy atom. The molecule has 0 spiro atoms. The first-order valence-electron chi connectivity index (χ1n) is 9.63. The third-order valence-corrected chi connectivity index (χ3v) is 6.92. The molecule has 4 aromatic rings. The third-order valence-electron chi connectivity index (χ3n) is 4.79. The van der Waals surface area contributed by atoms with Gasteiger partial charge >= 0.3 is 0 Å². The number of carbonyl (C=O) groups is 1. The number of fused-ring (bicyclic) bond motifs is 2. The van der Waals surface area contributed by atoms with Crippen LogP contribution in [0.3, 0.4) is 0 Å². The molecule has 0 fully saturated rings. The van der Waals surface area contributed by atoms with Gasteiger partial charge in [0.25, 0.3) is 11.6 Å². The zero-order valence-corrected chi connectivity index (χ0v) is 20.0. The number of benzene rings is 2. The Bertz CT molecular complexity index is 1340. The minimum absolute atomic E-state index is 0. The molecule has 0 atom stereocenters. The normalized spacial score (nSPS) is 11.2. The van der Waals surface area contributed by atoms with Crippen molar-refractivity contribution in [3.05, 3.63) is 63.0 Å². The zero-order valence-electron chi connectivity index (χ0n) is 17.6. The maximum absolute atomic E-state index is 14.2. The summed E-state index contributed by atoms with van der Waals surface area (Å²) in [5.41, 5.74) is -0.0374. The predicted octanol–water partition coefficient (Wildman–Crippen LogP) is 5.72. The van der Waals surface area contributed by atoms with Crippen molar-refractivity contribution in [3.8, 4) is 0 Å². The highest BCUT2D eigenvalue weighted by Gasteiger charge is 2.24. The second-order valence-corrected chi connectivity index (χ2v) is 9.53. The van der Waals surface area contributed by atoms with Gasteiger partial charge in [-0.3, -0.25) is 19.8 Å². The van der Waals surface area contributed by atoms with E-state index in [9.17, 15) is 23.7 Å². The highest BCUT2D eigenvalue weighted by atomic mass is 35.5. The first-order valence-corrected chi connectivity index (χ1v) is 11.3. The molecule has 4 rings (SSSR count). The van der Waals surface area contributed by atoms with Gasteiger partial charge in [-0.25, -0.2) is 13.8 Å². The number of hydrogen-bond acceptors (Lipinski definition) is 7. The topological polar surface area (TPSA) is 79.6 Å². The van der Waals surface area contributed by atoms with E-state index in [1.807, 2.05) is 19.0 Å². The van der Waals surface area contributed by atoms with Gasteiger partial charge in [0, 0.05) is 34.8 Å². The molecule has 2 aromatic heterocycles. The summed E-state index contributed by atoms with van der Waals surface area (Å²) in [5, 5.41) is 11.9. The fraction of sp³-hybridized carbons (Fsp3) is 0.238. The number of non-ortho nitro benzene ring substituents is 1. The largest absolute Gasteiger partial charge is 0.309 e. The van der Waals surface area contributed by atoms with Gasteiger partial charge in [0.1, 0.15) is 11.3 Å². The minimum atomic E-state index is -0.780. The molecule has 33 heavy (non-hydrogen) atoms. The maximum atomic E-state index is 14.2. The number of rotatable bonds is 7. The summed E-state index contributed by atoms with van der Waals surface area (Å²) in [5.74, 6) is -1.83. The van der Waals surface area contributed by atoms with Gasteiger partial charge in [0.15, 0.2) is 10.9 Å². The van der Waals surface area contributed by atoms with Crippen LogP contribution in [0.15, 0.2) is 36.4 Å². The van der Waals surface area contributed by atoms with Crippen LogP contribution in [0.25, 0.3) is 20.3 Å². The molecule has 0 saturated heterocycles. The molecule has 0 radical (unpaired) electrons. The van der Waals surface area contributed by atoms with Crippen LogP contribution in [0.1, 0.15) is 16.1 Å². The first-order chi connectivity index (χ1) is 15.2. The Balaban J connectivity index is 0.00000306. The van der Waals surface area contributed by atoms with Crippen molar-refractivity contribution in [1.82, 2.24) is 9.88 Å². The SMILES string of the molecule is CN(C)CCCN(C(=O)c1cc2cc([N+](=O)[O-])ccc2s1)c1nc2c(F)cc(F)cc2s1.Cl. The van der Waals surface area contributed by atoms with Crippen LogP contribution in [-0.2, 0) is 0 Å². The van der Waals surface area contributed by atoms with E-state index in [-0.39, 0.29) is 34.6 Å². The van der Waals surface area contributed by atoms with E-state index in [1.54, 1.807) is 12.1 Å². The van der Waals surface area contributed by atoms with Gasteiger partial charge in [-0.05, 0) is 45.3 Å². The quantitative estimate of drug-likeness (QED) is 0.234. The van der Waals surface area contributed by atoms with Crippen molar-refractivity contribution in [3.63, 3.8) is 0 Å². The van der Waals surface area contributed by atoms with Crippen LogP contribution in [0.4, 0.5) is 19.6 Å². The van der Waals surface area contributed by atoms with Crippen LogP contribution in [0.5, 0.6) is 0 Å². The Hall–Kier alpha value is -2.73. The number of amides is 1. The summed E-state index contributed by atoms with van der Waals surface area (Å²) >= 11 is 2.26. The Kier molecular flexibility index (Phi) is 7.58. The number of nitrogens with zero attached hydrogens (tertiary/aromatic N) is 4.